The average Bonchev–Trinajstić information content (AvgIpc) is 2.30. The summed E-state index contributed by atoms with van der Waals surface area (Å²) in [5.41, 5.74) is 0.510. The Hall–Kier alpha value is -0.430. The van der Waals surface area contributed by atoms with Crippen LogP contribution >= 0.6 is 31.9 Å². The van der Waals surface area contributed by atoms with Crippen molar-refractivity contribution in [1.29, 1.82) is 0 Å². The minimum absolute atomic E-state index is 0.0104. The summed E-state index contributed by atoms with van der Waals surface area (Å²) in [6.45, 7) is 0. The van der Waals surface area contributed by atoms with Crippen molar-refractivity contribution in [2.75, 3.05) is 0 Å². The van der Waals surface area contributed by atoms with Crippen molar-refractivity contribution >= 4 is 37.5 Å². The molecule has 12 heavy (non-hydrogen) atoms. The summed E-state index contributed by atoms with van der Waals surface area (Å²) in [5, 5.41) is 14.2. The van der Waals surface area contributed by atoms with Crippen LogP contribution in [0.15, 0.2) is 6.20 Å². The predicted molar refractivity (Wildman–Crippen MR) is 50.5 cm³/mol. The fourth-order valence-corrected chi connectivity index (χ4v) is 1.89. The van der Waals surface area contributed by atoms with Gasteiger partial charge in [-0.25, -0.2) is 0 Å². The molecule has 0 bridgehead atoms. The van der Waals surface area contributed by atoms with Gasteiger partial charge in [0.1, 0.15) is 15.6 Å². The maximum Gasteiger partial charge on any atom is 0.312 e. The van der Waals surface area contributed by atoms with Gasteiger partial charge in [0.2, 0.25) is 0 Å². The number of rotatable bonds is 2. The third-order valence-corrected chi connectivity index (χ3v) is 2.24. The standard InChI is InChI=1S/C5H5Br2N3O2/c1-9-4(5(6)7)3(2-8-9)10(11)12/h2,5H,1H3. The van der Waals surface area contributed by atoms with Crippen molar-refractivity contribution in [3.05, 3.63) is 22.0 Å². The van der Waals surface area contributed by atoms with Crippen LogP contribution in [0.25, 0.3) is 0 Å². The number of halogens is 2. The molecule has 1 aromatic rings. The second kappa shape index (κ2) is 3.53. The molecule has 0 saturated heterocycles. The minimum Gasteiger partial charge on any atom is -0.263 e. The van der Waals surface area contributed by atoms with E-state index in [2.05, 4.69) is 37.0 Å². The van der Waals surface area contributed by atoms with Gasteiger partial charge in [-0.2, -0.15) is 5.10 Å². The lowest BCUT2D eigenvalue weighted by atomic mass is 10.4. The minimum atomic E-state index is -0.460. The van der Waals surface area contributed by atoms with E-state index in [0.29, 0.717) is 5.69 Å². The van der Waals surface area contributed by atoms with Crippen LogP contribution in [-0.4, -0.2) is 14.7 Å². The molecule has 0 fully saturated rings. The average molecular weight is 299 g/mol. The Bertz CT molecular complexity index is 310. The van der Waals surface area contributed by atoms with Gasteiger partial charge >= 0.3 is 5.69 Å². The van der Waals surface area contributed by atoms with Crippen molar-refractivity contribution in [1.82, 2.24) is 9.78 Å². The van der Waals surface area contributed by atoms with Crippen molar-refractivity contribution < 1.29 is 4.92 Å². The summed E-state index contributed by atoms with van der Waals surface area (Å²) < 4.78 is 1.20. The van der Waals surface area contributed by atoms with Gasteiger partial charge in [0, 0.05) is 7.05 Å². The monoisotopic (exact) mass is 297 g/mol. The van der Waals surface area contributed by atoms with Gasteiger partial charge in [0.15, 0.2) is 0 Å². The van der Waals surface area contributed by atoms with Crippen LogP contribution < -0.4 is 0 Å². The lowest BCUT2D eigenvalue weighted by molar-refractivity contribution is -0.385. The van der Waals surface area contributed by atoms with E-state index in [1.54, 1.807) is 7.05 Å². The van der Waals surface area contributed by atoms with E-state index in [1.165, 1.54) is 10.9 Å². The van der Waals surface area contributed by atoms with Gasteiger partial charge in [-0.05, 0) is 0 Å². The normalized spacial score (nSPS) is 10.7. The SMILES string of the molecule is Cn1ncc([N+](=O)[O-])c1C(Br)Br. The molecule has 5 nitrogen and oxygen atoms in total. The van der Waals surface area contributed by atoms with Crippen LogP contribution in [0.2, 0.25) is 0 Å². The van der Waals surface area contributed by atoms with E-state index in [1.807, 2.05) is 0 Å². The second-order valence-electron chi connectivity index (χ2n) is 2.10. The van der Waals surface area contributed by atoms with E-state index < -0.39 is 4.92 Å². The van der Waals surface area contributed by atoms with Crippen molar-refractivity contribution in [3.63, 3.8) is 0 Å². The fourth-order valence-electron chi connectivity index (χ4n) is 0.829. The largest absolute Gasteiger partial charge is 0.312 e. The molecule has 1 heterocycles. The van der Waals surface area contributed by atoms with Gasteiger partial charge in [0.05, 0.1) is 4.92 Å². The summed E-state index contributed by atoms with van der Waals surface area (Å²) in [6.07, 6.45) is 1.23. The molecule has 0 N–H and O–H groups in total. The van der Waals surface area contributed by atoms with Crippen LogP contribution in [0.4, 0.5) is 5.69 Å². The highest BCUT2D eigenvalue weighted by atomic mass is 79.9. The van der Waals surface area contributed by atoms with Crippen molar-refractivity contribution in [2.24, 2.45) is 7.05 Å². The van der Waals surface area contributed by atoms with Gasteiger partial charge < -0.3 is 0 Å². The first-order valence-electron chi connectivity index (χ1n) is 2.98. The topological polar surface area (TPSA) is 61.0 Å². The lowest BCUT2D eigenvalue weighted by Gasteiger charge is -2.00. The Labute approximate surface area is 85.2 Å². The third kappa shape index (κ3) is 1.66. The molecule has 0 aliphatic carbocycles. The Kier molecular flexibility index (Phi) is 2.84. The van der Waals surface area contributed by atoms with Crippen LogP contribution in [0, 0.1) is 10.1 Å². The number of alkyl halides is 2. The zero-order chi connectivity index (χ0) is 9.30. The number of hydrogen-bond acceptors (Lipinski definition) is 3. The molecule has 0 radical (unpaired) electrons. The van der Waals surface area contributed by atoms with Gasteiger partial charge in [0.25, 0.3) is 0 Å². The Morgan fingerprint density at radius 2 is 2.33 bits per heavy atom. The number of hydrogen-bond donors (Lipinski definition) is 0. The van der Waals surface area contributed by atoms with Crippen LogP contribution in [-0.2, 0) is 7.05 Å². The van der Waals surface area contributed by atoms with Crippen LogP contribution in [0.1, 0.15) is 9.43 Å². The number of nitro groups is 1. The number of aryl methyl sites for hydroxylation is 1. The first-order valence-corrected chi connectivity index (χ1v) is 4.81. The van der Waals surface area contributed by atoms with Crippen molar-refractivity contribution in [3.8, 4) is 0 Å². The van der Waals surface area contributed by atoms with Crippen molar-refractivity contribution in [2.45, 2.75) is 3.74 Å². The highest BCUT2D eigenvalue weighted by molar-refractivity contribution is 9.24. The third-order valence-electron chi connectivity index (χ3n) is 1.37. The van der Waals surface area contributed by atoms with E-state index in [9.17, 15) is 10.1 Å². The molecule has 0 atom stereocenters. The molecular formula is C5H5Br2N3O2. The fraction of sp³-hybridized carbons (Fsp3) is 0.400. The Balaban J connectivity index is 3.21. The molecule has 1 aromatic heterocycles. The maximum atomic E-state index is 10.5. The zero-order valence-electron chi connectivity index (χ0n) is 6.07. The first kappa shape index (κ1) is 9.66. The van der Waals surface area contributed by atoms with E-state index in [4.69, 9.17) is 0 Å². The summed E-state index contributed by atoms with van der Waals surface area (Å²) in [7, 11) is 1.65. The molecule has 7 heteroatoms. The van der Waals surface area contributed by atoms with E-state index in [-0.39, 0.29) is 9.42 Å². The molecule has 0 spiro atoms. The lowest BCUT2D eigenvalue weighted by Crippen LogP contribution is -1.99. The van der Waals surface area contributed by atoms with Gasteiger partial charge in [-0.15, -0.1) is 0 Å². The van der Waals surface area contributed by atoms with Crippen LogP contribution in [0.3, 0.4) is 0 Å². The molecule has 0 saturated carbocycles. The number of aromatic nitrogens is 2. The highest BCUT2D eigenvalue weighted by Crippen LogP contribution is 2.34. The zero-order valence-corrected chi connectivity index (χ0v) is 9.24. The molecule has 0 aromatic carbocycles. The second-order valence-corrected chi connectivity index (χ2v) is 5.16. The van der Waals surface area contributed by atoms with Gasteiger partial charge in [-0.3, -0.25) is 14.8 Å². The Morgan fingerprint density at radius 1 is 1.75 bits per heavy atom. The van der Waals surface area contributed by atoms with E-state index >= 15 is 0 Å². The predicted octanol–water partition coefficient (Wildman–Crippen LogP) is 2.12. The molecule has 1 rings (SSSR count). The molecule has 0 unspecified atom stereocenters. The smallest absolute Gasteiger partial charge is 0.263 e. The Morgan fingerprint density at radius 3 is 2.67 bits per heavy atom. The highest BCUT2D eigenvalue weighted by Gasteiger charge is 2.22. The maximum absolute atomic E-state index is 10.5. The summed E-state index contributed by atoms with van der Waals surface area (Å²) in [6, 6.07) is 0. The molecule has 0 aliphatic heterocycles. The molecule has 0 amide bonds. The summed E-state index contributed by atoms with van der Waals surface area (Å²) >= 11 is 6.37. The summed E-state index contributed by atoms with van der Waals surface area (Å²) in [4.78, 5) is 9.99. The van der Waals surface area contributed by atoms with Crippen LogP contribution in [0.5, 0.6) is 0 Å². The molecule has 0 aliphatic rings. The molecular weight excluding hydrogens is 294 g/mol. The molecule has 66 valence electrons. The van der Waals surface area contributed by atoms with E-state index in [0.717, 1.165) is 0 Å². The summed E-state index contributed by atoms with van der Waals surface area (Å²) in [5.74, 6) is 0. The quantitative estimate of drug-likeness (QED) is 0.477. The first-order chi connectivity index (χ1) is 5.54. The number of nitrogens with zero attached hydrogens (tertiary/aromatic N) is 3. The van der Waals surface area contributed by atoms with Gasteiger partial charge in [-0.1, -0.05) is 31.9 Å².